The fourth-order valence-corrected chi connectivity index (χ4v) is 6.39. The maximum Gasteiger partial charge on any atom is 0.341 e. The molecule has 3 amide bonds. The van der Waals surface area contributed by atoms with E-state index >= 15 is 0 Å². The van der Waals surface area contributed by atoms with Crippen molar-refractivity contribution in [3.05, 3.63) is 59.9 Å². The van der Waals surface area contributed by atoms with Crippen LogP contribution >= 0.6 is 11.3 Å². The fraction of sp³-hybridized carbons (Fsp3) is 0.448. The van der Waals surface area contributed by atoms with E-state index in [-0.39, 0.29) is 18.1 Å². The first-order chi connectivity index (χ1) is 18.7. The predicted octanol–water partition coefficient (Wildman–Crippen LogP) is 7.19. The number of amides is 3. The molecule has 0 saturated heterocycles. The predicted molar refractivity (Wildman–Crippen MR) is 152 cm³/mol. The third kappa shape index (κ3) is 5.83. The molecule has 2 fully saturated rings. The van der Waals surface area contributed by atoms with Crippen LogP contribution in [0.25, 0.3) is 0 Å². The summed E-state index contributed by atoms with van der Waals surface area (Å²) < 4.78 is 0. The van der Waals surface area contributed by atoms with E-state index in [2.05, 4.69) is 20.2 Å². The molecule has 0 aliphatic heterocycles. The fourth-order valence-electron chi connectivity index (χ4n) is 5.72. The number of hydrogen-bond acceptors (Lipinski definition) is 6. The van der Waals surface area contributed by atoms with E-state index in [0.29, 0.717) is 5.69 Å². The van der Waals surface area contributed by atoms with Crippen LogP contribution in [0, 0.1) is 6.92 Å². The van der Waals surface area contributed by atoms with Crippen molar-refractivity contribution < 1.29 is 9.59 Å². The minimum Gasteiger partial charge on any atom is -0.306 e. The van der Waals surface area contributed by atoms with Gasteiger partial charge in [0.15, 0.2) is 5.13 Å². The molecule has 0 unspecified atom stereocenters. The van der Waals surface area contributed by atoms with E-state index in [9.17, 15) is 9.59 Å². The van der Waals surface area contributed by atoms with Gasteiger partial charge in [0.05, 0.1) is 29.7 Å². The van der Waals surface area contributed by atoms with Gasteiger partial charge in [0, 0.05) is 23.5 Å². The Hall–Kier alpha value is -3.46. The SMILES string of the molecule is Cc1ccc(NC(=O)N(C2CCCCC2)N(C=O)C2CCCCC2)cc1N(c1cccnc1)c1nccs1. The first-order valence-electron chi connectivity index (χ1n) is 13.7. The molecular formula is C29H36N6O2S. The van der Waals surface area contributed by atoms with Gasteiger partial charge in [-0.25, -0.2) is 19.8 Å². The van der Waals surface area contributed by atoms with Crippen molar-refractivity contribution in [3.8, 4) is 0 Å². The molecule has 0 bridgehead atoms. The number of pyridine rings is 1. The van der Waals surface area contributed by atoms with Gasteiger partial charge in [0.1, 0.15) is 0 Å². The number of nitrogens with zero attached hydrogens (tertiary/aromatic N) is 5. The number of hydrogen-bond donors (Lipinski definition) is 1. The number of thiazole rings is 1. The Morgan fingerprint density at radius 1 is 1.00 bits per heavy atom. The maximum absolute atomic E-state index is 13.9. The largest absolute Gasteiger partial charge is 0.341 e. The lowest BCUT2D eigenvalue weighted by Gasteiger charge is -2.44. The highest BCUT2D eigenvalue weighted by molar-refractivity contribution is 7.13. The van der Waals surface area contributed by atoms with Gasteiger partial charge < -0.3 is 5.32 Å². The van der Waals surface area contributed by atoms with Crippen LogP contribution in [0.3, 0.4) is 0 Å². The molecule has 0 radical (unpaired) electrons. The smallest absolute Gasteiger partial charge is 0.306 e. The number of anilines is 4. The van der Waals surface area contributed by atoms with Crippen molar-refractivity contribution in [2.24, 2.45) is 0 Å². The summed E-state index contributed by atoms with van der Waals surface area (Å²) in [5.41, 5.74) is 3.52. The highest BCUT2D eigenvalue weighted by Gasteiger charge is 2.34. The van der Waals surface area contributed by atoms with Crippen LogP contribution in [-0.2, 0) is 4.79 Å². The Balaban J connectivity index is 1.45. The summed E-state index contributed by atoms with van der Waals surface area (Å²) in [6, 6.07) is 9.67. The molecule has 2 aromatic heterocycles. The summed E-state index contributed by atoms with van der Waals surface area (Å²) in [4.78, 5) is 37.2. The van der Waals surface area contributed by atoms with E-state index in [1.54, 1.807) is 33.7 Å². The van der Waals surface area contributed by atoms with E-state index in [1.807, 2.05) is 48.8 Å². The van der Waals surface area contributed by atoms with Crippen molar-refractivity contribution in [2.75, 3.05) is 10.2 Å². The molecule has 200 valence electrons. The van der Waals surface area contributed by atoms with E-state index in [0.717, 1.165) is 79.8 Å². The molecule has 8 nitrogen and oxygen atoms in total. The molecule has 0 atom stereocenters. The number of benzene rings is 1. The average Bonchev–Trinajstić information content (AvgIpc) is 3.49. The second-order valence-electron chi connectivity index (χ2n) is 10.2. The van der Waals surface area contributed by atoms with Crippen molar-refractivity contribution in [1.29, 1.82) is 0 Å². The van der Waals surface area contributed by atoms with Gasteiger partial charge >= 0.3 is 6.03 Å². The van der Waals surface area contributed by atoms with Gasteiger partial charge in [0.2, 0.25) is 6.41 Å². The molecule has 2 aliphatic rings. The molecule has 2 saturated carbocycles. The van der Waals surface area contributed by atoms with Gasteiger partial charge in [-0.15, -0.1) is 11.3 Å². The van der Waals surface area contributed by atoms with Gasteiger partial charge in [-0.2, -0.15) is 0 Å². The van der Waals surface area contributed by atoms with Crippen molar-refractivity contribution in [1.82, 2.24) is 20.0 Å². The van der Waals surface area contributed by atoms with E-state index in [4.69, 9.17) is 0 Å². The van der Waals surface area contributed by atoms with Crippen LogP contribution in [0.15, 0.2) is 54.3 Å². The molecule has 3 aromatic rings. The number of carbonyl (C=O) groups is 2. The summed E-state index contributed by atoms with van der Waals surface area (Å²) in [5.74, 6) is 0. The van der Waals surface area contributed by atoms with Crippen LogP contribution in [0.5, 0.6) is 0 Å². The minimum absolute atomic E-state index is 0.0306. The first kappa shape index (κ1) is 26.2. The molecule has 9 heteroatoms. The van der Waals surface area contributed by atoms with E-state index in [1.165, 1.54) is 12.8 Å². The Morgan fingerprint density at radius 3 is 2.37 bits per heavy atom. The normalized spacial score (nSPS) is 16.6. The number of carbonyl (C=O) groups excluding carboxylic acids is 2. The van der Waals surface area contributed by atoms with Crippen LogP contribution in [0.1, 0.15) is 69.8 Å². The zero-order valence-electron chi connectivity index (χ0n) is 22.0. The first-order valence-corrected chi connectivity index (χ1v) is 14.6. The lowest BCUT2D eigenvalue weighted by molar-refractivity contribution is -0.140. The lowest BCUT2D eigenvalue weighted by atomic mass is 9.93. The number of aromatic nitrogens is 2. The van der Waals surface area contributed by atoms with Crippen molar-refractivity contribution in [3.63, 3.8) is 0 Å². The molecule has 5 rings (SSSR count). The van der Waals surface area contributed by atoms with Crippen molar-refractivity contribution >= 4 is 46.0 Å². The second kappa shape index (κ2) is 12.4. The number of aryl methyl sites for hydroxylation is 1. The Labute approximate surface area is 228 Å². The lowest BCUT2D eigenvalue weighted by Crippen LogP contribution is -2.57. The van der Waals surface area contributed by atoms with Crippen molar-refractivity contribution in [2.45, 2.75) is 83.2 Å². The summed E-state index contributed by atoms with van der Waals surface area (Å²) in [6.07, 6.45) is 16.7. The number of rotatable bonds is 8. The summed E-state index contributed by atoms with van der Waals surface area (Å²) >= 11 is 1.54. The molecule has 2 heterocycles. The highest BCUT2D eigenvalue weighted by atomic mass is 32.1. The van der Waals surface area contributed by atoms with E-state index < -0.39 is 0 Å². The Bertz CT molecular complexity index is 1190. The molecular weight excluding hydrogens is 496 g/mol. The number of hydrazine groups is 1. The van der Waals surface area contributed by atoms with Gasteiger partial charge in [-0.05, 0) is 62.4 Å². The summed E-state index contributed by atoms with van der Waals surface area (Å²) in [7, 11) is 0. The number of nitrogens with one attached hydrogen (secondary N) is 1. The van der Waals surface area contributed by atoms with Crippen LogP contribution < -0.4 is 10.2 Å². The highest BCUT2D eigenvalue weighted by Crippen LogP contribution is 2.38. The zero-order chi connectivity index (χ0) is 26.3. The minimum atomic E-state index is -0.244. The molecule has 1 N–H and O–H groups in total. The second-order valence-corrected chi connectivity index (χ2v) is 11.1. The standard InChI is InChI=1S/C29H36N6O2S/c1-22-14-15-23(19-27(22)34(29-31-17-18-38-29)26-13-8-16-30-20-26)32-28(37)35(25-11-6-3-7-12-25)33(21-36)24-9-4-2-5-10-24/h8,13-21,24-25H,2-7,9-12H2,1H3,(H,32,37). The van der Waals surface area contributed by atoms with Crippen LogP contribution in [0.2, 0.25) is 0 Å². The Morgan fingerprint density at radius 2 is 1.74 bits per heavy atom. The maximum atomic E-state index is 13.9. The zero-order valence-corrected chi connectivity index (χ0v) is 22.8. The van der Waals surface area contributed by atoms with Gasteiger partial charge in [-0.3, -0.25) is 14.7 Å². The third-order valence-corrected chi connectivity index (χ3v) is 8.41. The van der Waals surface area contributed by atoms with Gasteiger partial charge in [-0.1, -0.05) is 44.6 Å². The molecule has 1 aromatic carbocycles. The van der Waals surface area contributed by atoms with Gasteiger partial charge in [0.25, 0.3) is 0 Å². The van der Waals surface area contributed by atoms with Crippen LogP contribution in [-0.4, -0.2) is 44.5 Å². The molecule has 2 aliphatic carbocycles. The number of urea groups is 1. The topological polar surface area (TPSA) is 81.7 Å². The summed E-state index contributed by atoms with van der Waals surface area (Å²) in [6.45, 7) is 2.05. The Kier molecular flexibility index (Phi) is 8.53. The average molecular weight is 533 g/mol. The third-order valence-electron chi connectivity index (χ3n) is 7.65. The molecule has 0 spiro atoms. The quantitative estimate of drug-likeness (QED) is 0.245. The monoisotopic (exact) mass is 532 g/mol. The summed E-state index contributed by atoms with van der Waals surface area (Å²) in [5, 5.41) is 9.35. The van der Waals surface area contributed by atoms with Crippen LogP contribution in [0.4, 0.5) is 27.0 Å². The molecule has 38 heavy (non-hydrogen) atoms.